The number of piperidine rings is 1. The molecule has 1 fully saturated rings. The highest BCUT2D eigenvalue weighted by molar-refractivity contribution is 5.89. The lowest BCUT2D eigenvalue weighted by atomic mass is 9.85. The van der Waals surface area contributed by atoms with Crippen molar-refractivity contribution in [1.29, 1.82) is 0 Å². The quantitative estimate of drug-likeness (QED) is 0.852. The van der Waals surface area contributed by atoms with Crippen molar-refractivity contribution in [3.05, 3.63) is 53.9 Å². The third kappa shape index (κ3) is 4.79. The molecular formula is C21H26N4O3. The number of hydrogen-bond acceptors (Lipinski definition) is 4. The molecule has 1 aliphatic rings. The fourth-order valence-corrected chi connectivity index (χ4v) is 3.51. The topological polar surface area (TPSA) is 83.6 Å². The highest BCUT2D eigenvalue weighted by Gasteiger charge is 2.32. The fourth-order valence-electron chi connectivity index (χ4n) is 3.51. The van der Waals surface area contributed by atoms with Gasteiger partial charge in [-0.2, -0.15) is 0 Å². The van der Waals surface area contributed by atoms with Crippen LogP contribution < -0.4 is 15.4 Å². The zero-order valence-electron chi connectivity index (χ0n) is 16.4. The van der Waals surface area contributed by atoms with E-state index in [4.69, 9.17) is 4.74 Å². The van der Waals surface area contributed by atoms with E-state index in [0.29, 0.717) is 18.8 Å². The Morgan fingerprint density at radius 2 is 1.93 bits per heavy atom. The number of ether oxygens (including phenoxy) is 1. The van der Waals surface area contributed by atoms with Crippen molar-refractivity contribution in [3.63, 3.8) is 0 Å². The van der Waals surface area contributed by atoms with Crippen LogP contribution in [0.1, 0.15) is 30.5 Å². The van der Waals surface area contributed by atoms with Gasteiger partial charge in [-0.1, -0.05) is 12.1 Å². The molecule has 7 nitrogen and oxygen atoms in total. The summed E-state index contributed by atoms with van der Waals surface area (Å²) in [5.74, 6) is 0.922. The molecule has 2 atom stereocenters. The summed E-state index contributed by atoms with van der Waals surface area (Å²) in [6.07, 6.45) is 2.40. The number of carbonyl (C=O) groups is 2. The molecule has 2 heterocycles. The van der Waals surface area contributed by atoms with Crippen LogP contribution in [-0.2, 0) is 4.79 Å². The SMILES string of the molecule is COc1ccc([C@H]2CCN(C(C)=O)C[C@@H]2NC(=O)Nc2ccc(C)nc2)cc1. The van der Waals surface area contributed by atoms with E-state index < -0.39 is 0 Å². The average Bonchev–Trinajstić information content (AvgIpc) is 2.69. The lowest BCUT2D eigenvalue weighted by Crippen LogP contribution is -2.53. The number of carbonyl (C=O) groups excluding carboxylic acids is 2. The smallest absolute Gasteiger partial charge is 0.319 e. The first-order valence-corrected chi connectivity index (χ1v) is 9.36. The molecule has 0 spiro atoms. The third-order valence-electron chi connectivity index (χ3n) is 5.09. The minimum Gasteiger partial charge on any atom is -0.497 e. The normalized spacial score (nSPS) is 19.0. The molecule has 2 N–H and O–H groups in total. The van der Waals surface area contributed by atoms with Crippen molar-refractivity contribution in [2.24, 2.45) is 0 Å². The monoisotopic (exact) mass is 382 g/mol. The number of hydrogen-bond donors (Lipinski definition) is 2. The van der Waals surface area contributed by atoms with Gasteiger partial charge in [0.15, 0.2) is 0 Å². The Morgan fingerprint density at radius 1 is 1.18 bits per heavy atom. The summed E-state index contributed by atoms with van der Waals surface area (Å²) in [4.78, 5) is 30.4. The molecule has 28 heavy (non-hydrogen) atoms. The number of methoxy groups -OCH3 is 1. The van der Waals surface area contributed by atoms with E-state index in [-0.39, 0.29) is 23.9 Å². The summed E-state index contributed by atoms with van der Waals surface area (Å²) >= 11 is 0. The summed E-state index contributed by atoms with van der Waals surface area (Å²) in [6.45, 7) is 4.60. The van der Waals surface area contributed by atoms with Gasteiger partial charge in [-0.15, -0.1) is 0 Å². The molecule has 0 radical (unpaired) electrons. The highest BCUT2D eigenvalue weighted by atomic mass is 16.5. The standard InChI is InChI=1S/C21H26N4O3/c1-14-4-7-17(12-22-14)23-21(27)24-20-13-25(15(2)26)11-10-19(20)16-5-8-18(28-3)9-6-16/h4-9,12,19-20H,10-11,13H2,1-3H3,(H2,23,24,27)/t19-,20+/m1/s1. The average molecular weight is 382 g/mol. The van der Waals surface area contributed by atoms with Gasteiger partial charge in [0.1, 0.15) is 5.75 Å². The maximum absolute atomic E-state index is 12.5. The minimum atomic E-state index is -0.306. The van der Waals surface area contributed by atoms with Crippen molar-refractivity contribution in [3.8, 4) is 5.75 Å². The molecule has 0 saturated carbocycles. The minimum absolute atomic E-state index is 0.0168. The Balaban J connectivity index is 1.73. The van der Waals surface area contributed by atoms with Gasteiger partial charge in [-0.3, -0.25) is 9.78 Å². The van der Waals surface area contributed by atoms with E-state index >= 15 is 0 Å². The predicted octanol–water partition coefficient (Wildman–Crippen LogP) is 2.92. The number of benzene rings is 1. The molecular weight excluding hydrogens is 356 g/mol. The van der Waals surface area contributed by atoms with Crippen LogP contribution in [0.15, 0.2) is 42.6 Å². The second-order valence-electron chi connectivity index (χ2n) is 7.03. The Bertz CT molecular complexity index is 821. The van der Waals surface area contributed by atoms with Gasteiger partial charge >= 0.3 is 6.03 Å². The Morgan fingerprint density at radius 3 is 2.54 bits per heavy atom. The van der Waals surface area contributed by atoms with Crippen molar-refractivity contribution >= 4 is 17.6 Å². The van der Waals surface area contributed by atoms with Crippen LogP contribution in [0.25, 0.3) is 0 Å². The first kappa shape index (κ1) is 19.7. The number of aromatic nitrogens is 1. The van der Waals surface area contributed by atoms with Crippen LogP contribution in [0.2, 0.25) is 0 Å². The number of pyridine rings is 1. The van der Waals surface area contributed by atoms with Gasteiger partial charge in [0.05, 0.1) is 25.0 Å². The molecule has 1 saturated heterocycles. The zero-order valence-corrected chi connectivity index (χ0v) is 16.4. The zero-order chi connectivity index (χ0) is 20.1. The highest BCUT2D eigenvalue weighted by Crippen LogP contribution is 2.30. The van der Waals surface area contributed by atoms with Crippen LogP contribution >= 0.6 is 0 Å². The molecule has 0 bridgehead atoms. The summed E-state index contributed by atoms with van der Waals surface area (Å²) in [5, 5.41) is 5.86. The number of amides is 3. The van der Waals surface area contributed by atoms with Crippen LogP contribution in [0.4, 0.5) is 10.5 Å². The van der Waals surface area contributed by atoms with Crippen LogP contribution in [0.3, 0.4) is 0 Å². The molecule has 148 valence electrons. The molecule has 1 aromatic carbocycles. The van der Waals surface area contributed by atoms with Gasteiger partial charge in [0.2, 0.25) is 5.91 Å². The van der Waals surface area contributed by atoms with Crippen molar-refractivity contribution in [2.45, 2.75) is 32.2 Å². The van der Waals surface area contributed by atoms with E-state index in [1.165, 1.54) is 0 Å². The van der Waals surface area contributed by atoms with Gasteiger partial charge in [0, 0.05) is 31.6 Å². The molecule has 0 unspecified atom stereocenters. The van der Waals surface area contributed by atoms with Crippen LogP contribution in [-0.4, -0.2) is 48.1 Å². The molecule has 1 aliphatic heterocycles. The summed E-state index contributed by atoms with van der Waals surface area (Å²) in [5.41, 5.74) is 2.63. The van der Waals surface area contributed by atoms with E-state index in [1.54, 1.807) is 25.1 Å². The number of rotatable bonds is 4. The number of urea groups is 1. The second-order valence-corrected chi connectivity index (χ2v) is 7.03. The summed E-state index contributed by atoms with van der Waals surface area (Å²) in [6, 6.07) is 11.0. The van der Waals surface area contributed by atoms with Crippen molar-refractivity contribution < 1.29 is 14.3 Å². The van der Waals surface area contributed by atoms with Gasteiger partial charge in [-0.05, 0) is 43.2 Å². The molecule has 1 aromatic heterocycles. The largest absolute Gasteiger partial charge is 0.497 e. The van der Waals surface area contributed by atoms with Crippen LogP contribution in [0, 0.1) is 6.92 Å². The van der Waals surface area contributed by atoms with Gasteiger partial charge < -0.3 is 20.3 Å². The molecule has 3 rings (SSSR count). The number of likely N-dealkylation sites (tertiary alicyclic amines) is 1. The molecule has 3 amide bonds. The number of aryl methyl sites for hydroxylation is 1. The maximum atomic E-state index is 12.5. The fraction of sp³-hybridized carbons (Fsp3) is 0.381. The lowest BCUT2D eigenvalue weighted by Gasteiger charge is -2.38. The second kappa shape index (κ2) is 8.73. The van der Waals surface area contributed by atoms with Crippen molar-refractivity contribution in [2.75, 3.05) is 25.5 Å². The molecule has 2 aromatic rings. The summed E-state index contributed by atoms with van der Waals surface area (Å²) in [7, 11) is 1.63. The lowest BCUT2D eigenvalue weighted by molar-refractivity contribution is -0.130. The van der Waals surface area contributed by atoms with Crippen LogP contribution in [0.5, 0.6) is 5.75 Å². The Labute approximate surface area is 165 Å². The van der Waals surface area contributed by atoms with E-state index in [2.05, 4.69) is 15.6 Å². The Kier molecular flexibility index (Phi) is 6.13. The summed E-state index contributed by atoms with van der Waals surface area (Å²) < 4.78 is 5.23. The van der Waals surface area contributed by atoms with E-state index in [0.717, 1.165) is 23.4 Å². The van der Waals surface area contributed by atoms with Gasteiger partial charge in [0.25, 0.3) is 0 Å². The van der Waals surface area contributed by atoms with Gasteiger partial charge in [-0.25, -0.2) is 4.79 Å². The van der Waals surface area contributed by atoms with Crippen molar-refractivity contribution in [1.82, 2.24) is 15.2 Å². The predicted molar refractivity (Wildman–Crippen MR) is 108 cm³/mol. The molecule has 7 heteroatoms. The number of anilines is 1. The first-order valence-electron chi connectivity index (χ1n) is 9.36. The Hall–Kier alpha value is -3.09. The molecule has 0 aliphatic carbocycles. The third-order valence-corrected chi connectivity index (χ3v) is 5.09. The number of nitrogens with one attached hydrogen (secondary N) is 2. The maximum Gasteiger partial charge on any atom is 0.319 e. The van der Waals surface area contributed by atoms with E-state index in [9.17, 15) is 9.59 Å². The first-order chi connectivity index (χ1) is 13.5. The van der Waals surface area contributed by atoms with E-state index in [1.807, 2.05) is 43.3 Å². The number of nitrogens with zero attached hydrogens (tertiary/aromatic N) is 2.